The maximum atomic E-state index is 9.12. The molecule has 5 rings (SSSR count). The first-order valence-corrected chi connectivity index (χ1v) is 9.01. The summed E-state index contributed by atoms with van der Waals surface area (Å²) in [6.45, 7) is 0. The monoisotopic (exact) mass is 380 g/mol. The molecule has 0 bridgehead atoms. The van der Waals surface area contributed by atoms with Gasteiger partial charge in [0.05, 0.1) is 42.7 Å². The van der Waals surface area contributed by atoms with Crippen molar-refractivity contribution >= 4 is 16.6 Å². The van der Waals surface area contributed by atoms with Crippen LogP contribution in [0.1, 0.15) is 5.56 Å². The SMILES string of the molecule is COc1nc(-c2ccc(C#N)cc2)c(-c2cnc3c(ccn3C)c2)n2cncc12. The predicted octanol–water partition coefficient (Wildman–Crippen LogP) is 3.83. The Morgan fingerprint density at radius 1 is 1.07 bits per heavy atom. The number of rotatable bonds is 3. The lowest BCUT2D eigenvalue weighted by Gasteiger charge is -2.14. The van der Waals surface area contributed by atoms with Crippen LogP contribution in [0.2, 0.25) is 0 Å². The van der Waals surface area contributed by atoms with Gasteiger partial charge in [-0.15, -0.1) is 0 Å². The van der Waals surface area contributed by atoms with Crippen molar-refractivity contribution in [2.45, 2.75) is 0 Å². The van der Waals surface area contributed by atoms with Crippen molar-refractivity contribution in [1.29, 1.82) is 5.26 Å². The molecule has 0 aliphatic carbocycles. The number of methoxy groups -OCH3 is 1. The fraction of sp³-hybridized carbons (Fsp3) is 0.0909. The number of aryl methyl sites for hydroxylation is 1. The quantitative estimate of drug-likeness (QED) is 0.475. The second kappa shape index (κ2) is 6.46. The molecule has 0 radical (unpaired) electrons. The molecule has 0 aliphatic heterocycles. The molecule has 0 fully saturated rings. The van der Waals surface area contributed by atoms with E-state index in [1.54, 1.807) is 31.8 Å². The third kappa shape index (κ3) is 2.62. The van der Waals surface area contributed by atoms with Gasteiger partial charge < -0.3 is 9.30 Å². The van der Waals surface area contributed by atoms with Crippen molar-refractivity contribution < 1.29 is 4.74 Å². The van der Waals surface area contributed by atoms with Gasteiger partial charge in [0.2, 0.25) is 5.88 Å². The topological polar surface area (TPSA) is 81.0 Å². The lowest BCUT2D eigenvalue weighted by molar-refractivity contribution is 0.402. The summed E-state index contributed by atoms with van der Waals surface area (Å²) < 4.78 is 9.46. The molecule has 0 amide bonds. The smallest absolute Gasteiger partial charge is 0.240 e. The zero-order chi connectivity index (χ0) is 20.0. The number of ether oxygens (including phenoxy) is 1. The number of nitrogens with zero attached hydrogens (tertiary/aromatic N) is 6. The maximum Gasteiger partial charge on any atom is 0.240 e. The Kier molecular flexibility index (Phi) is 3.78. The fourth-order valence-electron chi connectivity index (χ4n) is 3.57. The van der Waals surface area contributed by atoms with Gasteiger partial charge in [0, 0.05) is 36.0 Å². The highest BCUT2D eigenvalue weighted by Crippen LogP contribution is 2.35. The van der Waals surface area contributed by atoms with Gasteiger partial charge in [-0.25, -0.2) is 15.0 Å². The van der Waals surface area contributed by atoms with Crippen molar-refractivity contribution in [3.05, 3.63) is 66.9 Å². The number of imidazole rings is 1. The minimum Gasteiger partial charge on any atom is -0.479 e. The largest absolute Gasteiger partial charge is 0.479 e. The minimum absolute atomic E-state index is 0.486. The van der Waals surface area contributed by atoms with E-state index >= 15 is 0 Å². The number of nitriles is 1. The molecular formula is C22H16N6O. The van der Waals surface area contributed by atoms with Crippen molar-refractivity contribution in [1.82, 2.24) is 23.9 Å². The number of aromatic nitrogens is 5. The lowest BCUT2D eigenvalue weighted by atomic mass is 10.0. The second-order valence-electron chi connectivity index (χ2n) is 6.72. The molecule has 0 spiro atoms. The maximum absolute atomic E-state index is 9.12. The highest BCUT2D eigenvalue weighted by molar-refractivity contribution is 5.87. The van der Waals surface area contributed by atoms with Gasteiger partial charge >= 0.3 is 0 Å². The minimum atomic E-state index is 0.486. The summed E-state index contributed by atoms with van der Waals surface area (Å²) in [4.78, 5) is 13.7. The molecular weight excluding hydrogens is 364 g/mol. The molecule has 7 nitrogen and oxygen atoms in total. The standard InChI is InChI=1S/C22H16N6O/c1-27-8-7-16-9-17(11-25-21(16)27)20-19(15-5-3-14(10-23)4-6-15)26-22(29-2)18-12-24-13-28(18)20/h3-9,11-13H,1-2H3. The first-order valence-electron chi connectivity index (χ1n) is 9.01. The molecule has 0 saturated heterocycles. The van der Waals surface area contributed by atoms with Gasteiger partial charge in [-0.2, -0.15) is 5.26 Å². The van der Waals surface area contributed by atoms with Gasteiger partial charge in [0.1, 0.15) is 11.2 Å². The Morgan fingerprint density at radius 2 is 1.90 bits per heavy atom. The molecule has 0 N–H and O–H groups in total. The molecule has 29 heavy (non-hydrogen) atoms. The number of hydrogen-bond donors (Lipinski definition) is 0. The molecule has 0 unspecified atom stereocenters. The van der Waals surface area contributed by atoms with E-state index in [0.717, 1.165) is 39.1 Å². The number of pyridine rings is 1. The van der Waals surface area contributed by atoms with Crippen LogP contribution in [0.25, 0.3) is 39.1 Å². The van der Waals surface area contributed by atoms with Crippen LogP contribution in [0.15, 0.2) is 61.3 Å². The Morgan fingerprint density at radius 3 is 2.66 bits per heavy atom. The Hall–Kier alpha value is -4.18. The zero-order valence-corrected chi connectivity index (χ0v) is 15.9. The summed E-state index contributed by atoms with van der Waals surface area (Å²) in [7, 11) is 3.56. The average molecular weight is 380 g/mol. The third-order valence-corrected chi connectivity index (χ3v) is 5.00. The summed E-state index contributed by atoms with van der Waals surface area (Å²) in [6, 6.07) is 13.6. The van der Waals surface area contributed by atoms with Gasteiger partial charge in [-0.05, 0) is 24.3 Å². The molecule has 0 saturated carbocycles. The Bertz CT molecular complexity index is 1410. The lowest BCUT2D eigenvalue weighted by Crippen LogP contribution is -2.02. The van der Waals surface area contributed by atoms with E-state index in [1.807, 2.05) is 46.6 Å². The molecule has 7 heteroatoms. The van der Waals surface area contributed by atoms with Gasteiger partial charge in [-0.1, -0.05) is 12.1 Å². The van der Waals surface area contributed by atoms with Gasteiger partial charge in [0.15, 0.2) is 0 Å². The van der Waals surface area contributed by atoms with Crippen molar-refractivity contribution in [2.24, 2.45) is 7.05 Å². The van der Waals surface area contributed by atoms with E-state index in [1.165, 1.54) is 0 Å². The van der Waals surface area contributed by atoms with Crippen LogP contribution in [-0.4, -0.2) is 31.0 Å². The normalized spacial score (nSPS) is 11.1. The summed E-state index contributed by atoms with van der Waals surface area (Å²) in [6.07, 6.45) is 7.31. The van der Waals surface area contributed by atoms with Crippen LogP contribution in [0, 0.1) is 11.3 Å². The van der Waals surface area contributed by atoms with Gasteiger partial charge in [-0.3, -0.25) is 4.40 Å². The van der Waals surface area contributed by atoms with E-state index in [0.29, 0.717) is 11.4 Å². The molecule has 0 atom stereocenters. The van der Waals surface area contributed by atoms with Gasteiger partial charge in [0.25, 0.3) is 0 Å². The van der Waals surface area contributed by atoms with Crippen LogP contribution >= 0.6 is 0 Å². The van der Waals surface area contributed by atoms with Crippen LogP contribution in [-0.2, 0) is 7.05 Å². The van der Waals surface area contributed by atoms with E-state index < -0.39 is 0 Å². The highest BCUT2D eigenvalue weighted by Gasteiger charge is 2.19. The summed E-state index contributed by atoms with van der Waals surface area (Å²) in [5, 5.41) is 10.2. The highest BCUT2D eigenvalue weighted by atomic mass is 16.5. The molecule has 5 aromatic rings. The fourth-order valence-corrected chi connectivity index (χ4v) is 3.57. The zero-order valence-electron chi connectivity index (χ0n) is 15.9. The number of hydrogen-bond acceptors (Lipinski definition) is 5. The number of benzene rings is 1. The molecule has 1 aromatic carbocycles. The van der Waals surface area contributed by atoms with E-state index in [2.05, 4.69) is 22.1 Å². The average Bonchev–Trinajstić information content (AvgIpc) is 3.39. The van der Waals surface area contributed by atoms with Crippen LogP contribution in [0.3, 0.4) is 0 Å². The first-order chi connectivity index (χ1) is 14.2. The van der Waals surface area contributed by atoms with E-state index in [-0.39, 0.29) is 0 Å². The summed E-state index contributed by atoms with van der Waals surface area (Å²) in [5.74, 6) is 0.486. The van der Waals surface area contributed by atoms with Crippen molar-refractivity contribution in [2.75, 3.05) is 7.11 Å². The first kappa shape index (κ1) is 17.0. The third-order valence-electron chi connectivity index (χ3n) is 5.00. The predicted molar refractivity (Wildman–Crippen MR) is 109 cm³/mol. The van der Waals surface area contributed by atoms with Crippen molar-refractivity contribution in [3.63, 3.8) is 0 Å². The van der Waals surface area contributed by atoms with E-state index in [9.17, 15) is 0 Å². The summed E-state index contributed by atoms with van der Waals surface area (Å²) in [5.41, 5.74) is 5.67. The molecule has 140 valence electrons. The molecule has 4 aromatic heterocycles. The van der Waals surface area contributed by atoms with Crippen LogP contribution in [0.4, 0.5) is 0 Å². The van der Waals surface area contributed by atoms with Crippen molar-refractivity contribution in [3.8, 4) is 34.5 Å². The molecule has 4 heterocycles. The van der Waals surface area contributed by atoms with Crippen LogP contribution < -0.4 is 4.74 Å². The Labute approximate surface area is 166 Å². The second-order valence-corrected chi connectivity index (χ2v) is 6.72. The Balaban J connectivity index is 1.84. The number of fused-ring (bicyclic) bond motifs is 2. The van der Waals surface area contributed by atoms with Crippen LogP contribution in [0.5, 0.6) is 5.88 Å². The van der Waals surface area contributed by atoms with E-state index in [4.69, 9.17) is 15.0 Å². The summed E-state index contributed by atoms with van der Waals surface area (Å²) >= 11 is 0. The molecule has 0 aliphatic rings.